The Bertz CT molecular complexity index is 507. The summed E-state index contributed by atoms with van der Waals surface area (Å²) in [6.45, 7) is 1.49. The van der Waals surface area contributed by atoms with Gasteiger partial charge in [-0.05, 0) is 24.6 Å². The number of benzene rings is 1. The number of nitrogens with two attached hydrogens (primary N) is 1. The molecule has 0 heterocycles. The van der Waals surface area contributed by atoms with Crippen LogP contribution in [0.5, 0.6) is 0 Å². The molecule has 0 unspecified atom stereocenters. The summed E-state index contributed by atoms with van der Waals surface area (Å²) in [5, 5.41) is 0. The zero-order chi connectivity index (χ0) is 15.5. The van der Waals surface area contributed by atoms with Gasteiger partial charge in [-0.2, -0.15) is 13.2 Å². The number of nitrogens with zero attached hydrogens (tertiary/aromatic N) is 1. The first-order valence-corrected chi connectivity index (χ1v) is 6.38. The van der Waals surface area contributed by atoms with Gasteiger partial charge in [-0.25, -0.2) is 15.0 Å². The van der Waals surface area contributed by atoms with Crippen molar-refractivity contribution < 1.29 is 22.4 Å². The fourth-order valence-electron chi connectivity index (χ4n) is 1.42. The number of carbonyl (C=O) groups excluding carboxylic acids is 1. The van der Waals surface area contributed by atoms with Crippen molar-refractivity contribution in [3.05, 3.63) is 23.5 Å². The van der Waals surface area contributed by atoms with Gasteiger partial charge in [-0.1, -0.05) is 0 Å². The van der Waals surface area contributed by atoms with Crippen LogP contribution in [0.2, 0.25) is 0 Å². The van der Waals surface area contributed by atoms with Crippen molar-refractivity contribution in [2.75, 3.05) is 17.7 Å². The van der Waals surface area contributed by atoms with Crippen LogP contribution in [0, 0.1) is 12.7 Å². The molecule has 1 aromatic carbocycles. The molecule has 0 saturated carbocycles. The summed E-state index contributed by atoms with van der Waals surface area (Å²) in [6.07, 6.45) is -4.33. The number of alkyl halides is 3. The maximum absolute atomic E-state index is 13.8. The fraction of sp³-hybridized carbons (Fsp3) is 0.364. The predicted octanol–water partition coefficient (Wildman–Crippen LogP) is 2.81. The molecule has 0 bridgehead atoms. The highest BCUT2D eigenvalue weighted by molar-refractivity contribution is 7.99. The van der Waals surface area contributed by atoms with Crippen LogP contribution in [0.1, 0.15) is 5.56 Å². The maximum Gasteiger partial charge on any atom is 0.398 e. The second-order valence-corrected chi connectivity index (χ2v) is 5.00. The lowest BCUT2D eigenvalue weighted by molar-refractivity contribution is -0.105. The van der Waals surface area contributed by atoms with Gasteiger partial charge in [0.1, 0.15) is 5.82 Å². The number of nitrogens with one attached hydrogen (secondary N) is 1. The molecule has 0 atom stereocenters. The van der Waals surface area contributed by atoms with Crippen molar-refractivity contribution in [2.24, 2.45) is 5.84 Å². The summed E-state index contributed by atoms with van der Waals surface area (Å²) >= 11 is 0.532. The number of aryl methyl sites for hydroxylation is 1. The quantitative estimate of drug-likeness (QED) is 0.297. The largest absolute Gasteiger partial charge is 0.398 e. The van der Waals surface area contributed by atoms with Crippen molar-refractivity contribution in [1.82, 2.24) is 5.43 Å². The van der Waals surface area contributed by atoms with E-state index in [1.54, 1.807) is 0 Å². The van der Waals surface area contributed by atoms with Crippen LogP contribution in [-0.2, 0) is 0 Å². The molecule has 2 amide bonds. The number of thioether (sulfide) groups is 1. The Kier molecular flexibility index (Phi) is 5.23. The summed E-state index contributed by atoms with van der Waals surface area (Å²) in [6, 6.07) is 1.49. The third-order valence-electron chi connectivity index (χ3n) is 2.43. The van der Waals surface area contributed by atoms with E-state index in [2.05, 4.69) is 0 Å². The van der Waals surface area contributed by atoms with E-state index in [-0.39, 0.29) is 10.6 Å². The maximum atomic E-state index is 13.8. The third kappa shape index (κ3) is 4.27. The molecule has 9 heteroatoms. The lowest BCUT2D eigenvalue weighted by Gasteiger charge is -2.19. The average Bonchev–Trinajstić information content (AvgIpc) is 2.35. The van der Waals surface area contributed by atoms with Crippen LogP contribution < -0.4 is 16.2 Å². The Morgan fingerprint density at radius 3 is 2.55 bits per heavy atom. The van der Waals surface area contributed by atoms with Crippen molar-refractivity contribution in [3.8, 4) is 0 Å². The standard InChI is InChI=1S/C11H13F4N3OS/c1-6-3-7(12)8(18(2)10(19)17-16)4-9(6)20-5-11(13,14)15/h3-4H,5,16H2,1-2H3,(H,17,19). The average molecular weight is 311 g/mol. The number of amides is 2. The van der Waals surface area contributed by atoms with Crippen LogP contribution in [-0.4, -0.2) is 25.0 Å². The normalized spacial score (nSPS) is 11.3. The summed E-state index contributed by atoms with van der Waals surface area (Å²) < 4.78 is 50.4. The van der Waals surface area contributed by atoms with Gasteiger partial charge in [0.15, 0.2) is 0 Å². The lowest BCUT2D eigenvalue weighted by Crippen LogP contribution is -2.41. The molecule has 0 aliphatic rings. The third-order valence-corrected chi connectivity index (χ3v) is 3.65. The van der Waals surface area contributed by atoms with Crippen LogP contribution in [0.3, 0.4) is 0 Å². The molecular weight excluding hydrogens is 298 g/mol. The highest BCUT2D eigenvalue weighted by atomic mass is 32.2. The number of rotatable bonds is 3. The number of hydrogen-bond donors (Lipinski definition) is 2. The minimum absolute atomic E-state index is 0.150. The van der Waals surface area contributed by atoms with E-state index in [0.717, 1.165) is 11.0 Å². The van der Waals surface area contributed by atoms with Crippen LogP contribution in [0.4, 0.5) is 28.0 Å². The van der Waals surface area contributed by atoms with Gasteiger partial charge in [0.25, 0.3) is 0 Å². The molecule has 0 aromatic heterocycles. The first kappa shape index (κ1) is 16.6. The first-order chi connectivity index (χ1) is 9.15. The fourth-order valence-corrected chi connectivity index (χ4v) is 2.22. The smallest absolute Gasteiger partial charge is 0.293 e. The van der Waals surface area contributed by atoms with E-state index in [0.29, 0.717) is 17.3 Å². The number of carbonyl (C=O) groups is 1. The SMILES string of the molecule is Cc1cc(F)c(N(C)C(=O)NN)cc1SCC(F)(F)F. The number of hydrazine groups is 1. The summed E-state index contributed by atoms with van der Waals surface area (Å²) in [7, 11) is 1.26. The number of anilines is 1. The monoisotopic (exact) mass is 311 g/mol. The lowest BCUT2D eigenvalue weighted by atomic mass is 10.2. The molecule has 3 N–H and O–H groups in total. The number of halogens is 4. The molecule has 0 fully saturated rings. The Morgan fingerprint density at radius 2 is 2.05 bits per heavy atom. The van der Waals surface area contributed by atoms with Gasteiger partial charge in [-0.15, -0.1) is 11.8 Å². The molecule has 0 spiro atoms. The summed E-state index contributed by atoms with van der Waals surface area (Å²) in [4.78, 5) is 12.4. The second kappa shape index (κ2) is 6.31. The molecule has 4 nitrogen and oxygen atoms in total. The molecule has 0 aliphatic heterocycles. The topological polar surface area (TPSA) is 58.4 Å². The van der Waals surface area contributed by atoms with Crippen LogP contribution in [0.15, 0.2) is 17.0 Å². The molecule has 0 radical (unpaired) electrons. The minimum Gasteiger partial charge on any atom is -0.293 e. The van der Waals surface area contributed by atoms with Crippen molar-refractivity contribution >= 4 is 23.5 Å². The molecule has 1 rings (SSSR count). The van der Waals surface area contributed by atoms with E-state index in [1.165, 1.54) is 20.0 Å². The highest BCUT2D eigenvalue weighted by Gasteiger charge is 2.28. The zero-order valence-corrected chi connectivity index (χ0v) is 11.5. The molecule has 0 saturated heterocycles. The van der Waals surface area contributed by atoms with Gasteiger partial charge < -0.3 is 0 Å². The predicted molar refractivity (Wildman–Crippen MR) is 69.0 cm³/mol. The minimum atomic E-state index is -4.33. The molecule has 20 heavy (non-hydrogen) atoms. The van der Waals surface area contributed by atoms with Gasteiger partial charge in [-0.3, -0.25) is 10.3 Å². The van der Waals surface area contributed by atoms with E-state index < -0.39 is 23.8 Å². The van der Waals surface area contributed by atoms with E-state index in [9.17, 15) is 22.4 Å². The van der Waals surface area contributed by atoms with Crippen LogP contribution in [0.25, 0.3) is 0 Å². The van der Waals surface area contributed by atoms with E-state index >= 15 is 0 Å². The second-order valence-electron chi connectivity index (χ2n) is 3.98. The Labute approximate surface area is 117 Å². The summed E-state index contributed by atoms with van der Waals surface area (Å²) in [5.41, 5.74) is 2.03. The molecular formula is C11H13F4N3OS. The highest BCUT2D eigenvalue weighted by Crippen LogP contribution is 2.33. The Morgan fingerprint density at radius 1 is 1.45 bits per heavy atom. The summed E-state index contributed by atoms with van der Waals surface area (Å²) in [5.74, 6) is 3.12. The first-order valence-electron chi connectivity index (χ1n) is 5.39. The Hall–Kier alpha value is -1.48. The van der Waals surface area contributed by atoms with E-state index in [1.807, 2.05) is 5.43 Å². The van der Waals surface area contributed by atoms with Gasteiger partial charge in [0.2, 0.25) is 0 Å². The van der Waals surface area contributed by atoms with Crippen molar-refractivity contribution in [2.45, 2.75) is 18.0 Å². The van der Waals surface area contributed by atoms with Gasteiger partial charge in [0.05, 0.1) is 11.4 Å². The number of hydrogen-bond acceptors (Lipinski definition) is 3. The van der Waals surface area contributed by atoms with E-state index in [4.69, 9.17) is 5.84 Å². The van der Waals surface area contributed by atoms with Gasteiger partial charge >= 0.3 is 12.2 Å². The Balaban J connectivity index is 3.06. The van der Waals surface area contributed by atoms with Crippen LogP contribution >= 0.6 is 11.8 Å². The zero-order valence-electron chi connectivity index (χ0n) is 10.7. The molecule has 112 valence electrons. The van der Waals surface area contributed by atoms with Gasteiger partial charge in [0, 0.05) is 11.9 Å². The molecule has 0 aliphatic carbocycles. The molecule has 1 aromatic rings. The van der Waals surface area contributed by atoms with Crippen molar-refractivity contribution in [1.29, 1.82) is 0 Å². The van der Waals surface area contributed by atoms with Crippen molar-refractivity contribution in [3.63, 3.8) is 0 Å². The number of urea groups is 1.